The van der Waals surface area contributed by atoms with E-state index in [4.69, 9.17) is 0 Å². The largest absolute Gasteiger partial charge is 0.405 e. The van der Waals surface area contributed by atoms with Crippen molar-refractivity contribution in [3.63, 3.8) is 0 Å². The summed E-state index contributed by atoms with van der Waals surface area (Å²) < 4.78 is 52.3. The third-order valence-electron chi connectivity index (χ3n) is 3.18. The molecule has 0 unspecified atom stereocenters. The molecule has 5 nitrogen and oxygen atoms in total. The van der Waals surface area contributed by atoms with Crippen molar-refractivity contribution in [1.29, 1.82) is 0 Å². The molecule has 1 aromatic heterocycles. The standard InChI is InChI=1S/C14H14F4N4OS/c1-7-4-10(15)9(11-20-13(24-3)21-22(11)2)5-8(7)12(23)19-6-14(16,17)18/h4-5H,6H2,1-3H3,(H,19,23). The van der Waals surface area contributed by atoms with Crippen LogP contribution < -0.4 is 5.32 Å². The molecule has 0 fully saturated rings. The average molecular weight is 362 g/mol. The van der Waals surface area contributed by atoms with E-state index in [1.54, 1.807) is 18.6 Å². The van der Waals surface area contributed by atoms with Gasteiger partial charge in [0.05, 0.1) is 5.56 Å². The van der Waals surface area contributed by atoms with Crippen molar-refractivity contribution in [3.05, 3.63) is 29.1 Å². The van der Waals surface area contributed by atoms with Gasteiger partial charge in [-0.2, -0.15) is 13.2 Å². The summed E-state index contributed by atoms with van der Waals surface area (Å²) in [4.78, 5) is 16.1. The van der Waals surface area contributed by atoms with Gasteiger partial charge in [-0.1, -0.05) is 11.8 Å². The minimum atomic E-state index is -4.52. The molecule has 0 saturated heterocycles. The van der Waals surface area contributed by atoms with E-state index >= 15 is 0 Å². The lowest BCUT2D eigenvalue weighted by atomic mass is 10.0. The molecule has 0 aliphatic carbocycles. The Morgan fingerprint density at radius 3 is 2.58 bits per heavy atom. The smallest absolute Gasteiger partial charge is 0.343 e. The van der Waals surface area contributed by atoms with Crippen molar-refractivity contribution in [3.8, 4) is 11.4 Å². The zero-order valence-corrected chi connectivity index (χ0v) is 13.8. The van der Waals surface area contributed by atoms with Crippen LogP contribution in [0, 0.1) is 12.7 Å². The minimum Gasteiger partial charge on any atom is -0.343 e. The number of thioether (sulfide) groups is 1. The van der Waals surface area contributed by atoms with Gasteiger partial charge < -0.3 is 5.32 Å². The van der Waals surface area contributed by atoms with Crippen LogP contribution >= 0.6 is 11.8 Å². The SMILES string of the molecule is CSc1nc(-c2cc(C(=O)NCC(F)(F)F)c(C)cc2F)n(C)n1. The number of nitrogens with zero attached hydrogens (tertiary/aromatic N) is 3. The van der Waals surface area contributed by atoms with E-state index in [1.165, 1.54) is 29.4 Å². The second kappa shape index (κ2) is 6.80. The summed E-state index contributed by atoms with van der Waals surface area (Å²) in [5.41, 5.74) is 0.167. The van der Waals surface area contributed by atoms with E-state index in [-0.39, 0.29) is 22.5 Å². The molecule has 0 aliphatic rings. The van der Waals surface area contributed by atoms with Gasteiger partial charge in [0.15, 0.2) is 5.82 Å². The predicted molar refractivity (Wildman–Crippen MR) is 81.3 cm³/mol. The molecular formula is C14H14F4N4OS. The summed E-state index contributed by atoms with van der Waals surface area (Å²) in [6.07, 6.45) is -2.77. The van der Waals surface area contributed by atoms with Gasteiger partial charge in [-0.15, -0.1) is 5.10 Å². The van der Waals surface area contributed by atoms with E-state index in [2.05, 4.69) is 10.1 Å². The first-order chi connectivity index (χ1) is 11.1. The Hall–Kier alpha value is -2.10. The number of aryl methyl sites for hydroxylation is 2. The van der Waals surface area contributed by atoms with Crippen molar-refractivity contribution < 1.29 is 22.4 Å². The van der Waals surface area contributed by atoms with E-state index in [9.17, 15) is 22.4 Å². The molecule has 24 heavy (non-hydrogen) atoms. The van der Waals surface area contributed by atoms with E-state index in [0.717, 1.165) is 6.07 Å². The van der Waals surface area contributed by atoms with E-state index in [0.29, 0.717) is 5.16 Å². The molecule has 130 valence electrons. The van der Waals surface area contributed by atoms with Crippen molar-refractivity contribution in [1.82, 2.24) is 20.1 Å². The summed E-state index contributed by atoms with van der Waals surface area (Å²) in [6, 6.07) is 2.27. The zero-order chi connectivity index (χ0) is 18.1. The highest BCUT2D eigenvalue weighted by molar-refractivity contribution is 7.98. The molecule has 1 N–H and O–H groups in total. The second-order valence-corrected chi connectivity index (χ2v) is 5.76. The highest BCUT2D eigenvalue weighted by Gasteiger charge is 2.28. The lowest BCUT2D eigenvalue weighted by molar-refractivity contribution is -0.123. The van der Waals surface area contributed by atoms with E-state index in [1.807, 2.05) is 0 Å². The number of rotatable bonds is 4. The topological polar surface area (TPSA) is 59.8 Å². The molecule has 2 aromatic rings. The molecule has 1 aromatic carbocycles. The number of aromatic nitrogens is 3. The Morgan fingerprint density at radius 2 is 2.04 bits per heavy atom. The Labute approximate surface area is 139 Å². The number of amides is 1. The number of nitrogens with one attached hydrogen (secondary N) is 1. The normalized spacial score (nSPS) is 11.6. The molecule has 0 aliphatic heterocycles. The first kappa shape index (κ1) is 18.2. The van der Waals surface area contributed by atoms with Crippen LogP contribution in [0.2, 0.25) is 0 Å². The Kier molecular flexibility index (Phi) is 5.16. The number of hydrogen-bond acceptors (Lipinski definition) is 4. The molecule has 0 spiro atoms. The van der Waals surface area contributed by atoms with Crippen molar-refractivity contribution >= 4 is 17.7 Å². The Morgan fingerprint density at radius 1 is 1.38 bits per heavy atom. The van der Waals surface area contributed by atoms with Crippen LogP contribution in [0.4, 0.5) is 17.6 Å². The monoisotopic (exact) mass is 362 g/mol. The maximum atomic E-state index is 14.2. The van der Waals surface area contributed by atoms with Crippen LogP contribution in [0.3, 0.4) is 0 Å². The van der Waals surface area contributed by atoms with Gasteiger partial charge in [-0.3, -0.25) is 4.79 Å². The lowest BCUT2D eigenvalue weighted by Gasteiger charge is -2.12. The summed E-state index contributed by atoms with van der Waals surface area (Å²) in [5, 5.41) is 6.25. The number of alkyl halides is 3. The average Bonchev–Trinajstić information content (AvgIpc) is 2.85. The van der Waals surface area contributed by atoms with Crippen LogP contribution in [0.5, 0.6) is 0 Å². The fourth-order valence-corrected chi connectivity index (χ4v) is 2.43. The minimum absolute atomic E-state index is 0.00643. The molecule has 1 amide bonds. The summed E-state index contributed by atoms with van der Waals surface area (Å²) in [7, 11) is 1.56. The van der Waals surface area contributed by atoms with Gasteiger partial charge in [0, 0.05) is 12.6 Å². The zero-order valence-electron chi connectivity index (χ0n) is 13.0. The maximum absolute atomic E-state index is 14.2. The third-order valence-corrected chi connectivity index (χ3v) is 3.71. The predicted octanol–water partition coefficient (Wildman–Crippen LogP) is 2.94. The van der Waals surface area contributed by atoms with E-state index < -0.39 is 24.4 Å². The molecule has 0 saturated carbocycles. The van der Waals surface area contributed by atoms with Crippen LogP contribution in [-0.4, -0.2) is 39.6 Å². The molecule has 0 atom stereocenters. The van der Waals surface area contributed by atoms with Crippen LogP contribution in [0.15, 0.2) is 17.3 Å². The number of carbonyl (C=O) groups excluding carboxylic acids is 1. The summed E-state index contributed by atoms with van der Waals surface area (Å²) in [5.74, 6) is -1.39. The first-order valence-electron chi connectivity index (χ1n) is 6.73. The fourth-order valence-electron chi connectivity index (χ4n) is 2.05. The van der Waals surface area contributed by atoms with Gasteiger partial charge in [0.25, 0.3) is 5.91 Å². The maximum Gasteiger partial charge on any atom is 0.405 e. The Bertz CT molecular complexity index is 773. The molecule has 0 radical (unpaired) electrons. The first-order valence-corrected chi connectivity index (χ1v) is 7.95. The third kappa shape index (κ3) is 4.05. The Balaban J connectivity index is 2.41. The number of hydrogen-bond donors (Lipinski definition) is 1. The highest BCUT2D eigenvalue weighted by atomic mass is 32.2. The summed E-state index contributed by atoms with van der Waals surface area (Å²) in [6.45, 7) is -0.0159. The molecule has 10 heteroatoms. The van der Waals surface area contributed by atoms with Gasteiger partial charge in [0.1, 0.15) is 12.4 Å². The molecule has 2 rings (SSSR count). The molecule has 1 heterocycles. The number of carbonyl (C=O) groups is 1. The van der Waals surface area contributed by atoms with Crippen LogP contribution in [0.25, 0.3) is 11.4 Å². The van der Waals surface area contributed by atoms with Crippen molar-refractivity contribution in [2.75, 3.05) is 12.8 Å². The second-order valence-electron chi connectivity index (χ2n) is 4.99. The van der Waals surface area contributed by atoms with Crippen molar-refractivity contribution in [2.45, 2.75) is 18.3 Å². The van der Waals surface area contributed by atoms with Crippen molar-refractivity contribution in [2.24, 2.45) is 7.05 Å². The lowest BCUT2D eigenvalue weighted by Crippen LogP contribution is -2.34. The fraction of sp³-hybridized carbons (Fsp3) is 0.357. The van der Waals surface area contributed by atoms with Gasteiger partial charge in [-0.25, -0.2) is 14.1 Å². The van der Waals surface area contributed by atoms with Gasteiger partial charge in [-0.05, 0) is 30.9 Å². The summed E-state index contributed by atoms with van der Waals surface area (Å²) >= 11 is 1.26. The van der Waals surface area contributed by atoms with Crippen LogP contribution in [0.1, 0.15) is 15.9 Å². The van der Waals surface area contributed by atoms with Gasteiger partial charge in [0.2, 0.25) is 5.16 Å². The number of halogens is 4. The van der Waals surface area contributed by atoms with Gasteiger partial charge >= 0.3 is 6.18 Å². The highest BCUT2D eigenvalue weighted by Crippen LogP contribution is 2.26. The molecule has 0 bridgehead atoms. The number of benzene rings is 1. The quantitative estimate of drug-likeness (QED) is 0.671. The van der Waals surface area contributed by atoms with Crippen LogP contribution in [-0.2, 0) is 7.05 Å². The molecular weight excluding hydrogens is 348 g/mol.